The van der Waals surface area contributed by atoms with E-state index < -0.39 is 5.60 Å². The number of aromatic nitrogens is 1. The van der Waals surface area contributed by atoms with E-state index >= 15 is 0 Å². The van der Waals surface area contributed by atoms with Crippen LogP contribution in [-0.4, -0.2) is 9.67 Å². The Balaban J connectivity index is 2.16. The third kappa shape index (κ3) is 3.03. The van der Waals surface area contributed by atoms with Gasteiger partial charge in [-0.05, 0) is 25.0 Å². The van der Waals surface area contributed by atoms with E-state index in [4.69, 9.17) is 0 Å². The van der Waals surface area contributed by atoms with Gasteiger partial charge < -0.3 is 9.67 Å². The molecule has 0 aliphatic heterocycles. The van der Waals surface area contributed by atoms with Crippen molar-refractivity contribution in [3.63, 3.8) is 0 Å². The smallest absolute Gasteiger partial charge is 0.182 e. The molecule has 0 amide bonds. The fraction of sp³-hybridized carbons (Fsp3) is 0.190. The van der Waals surface area contributed by atoms with Crippen molar-refractivity contribution in [3.8, 4) is 0 Å². The lowest BCUT2D eigenvalue weighted by Gasteiger charge is -2.32. The largest absolute Gasteiger partial charge is 0.378 e. The van der Waals surface area contributed by atoms with Gasteiger partial charge in [-0.3, -0.25) is 4.79 Å². The Hall–Kier alpha value is -2.65. The Morgan fingerprint density at radius 2 is 1.25 bits per heavy atom. The van der Waals surface area contributed by atoms with Crippen LogP contribution in [0.4, 0.5) is 0 Å². The fourth-order valence-electron chi connectivity index (χ4n) is 3.14. The van der Waals surface area contributed by atoms with Gasteiger partial charge in [-0.1, -0.05) is 60.7 Å². The van der Waals surface area contributed by atoms with Crippen molar-refractivity contribution >= 4 is 0 Å². The minimum absolute atomic E-state index is 0.00999. The van der Waals surface area contributed by atoms with E-state index in [1.165, 1.54) is 0 Å². The number of aryl methyl sites for hydroxylation is 2. The van der Waals surface area contributed by atoms with Crippen LogP contribution in [0.15, 0.2) is 77.6 Å². The van der Waals surface area contributed by atoms with E-state index in [1.54, 1.807) is 12.1 Å². The van der Waals surface area contributed by atoms with Crippen LogP contribution >= 0.6 is 0 Å². The molecular formula is C21H21NO2. The van der Waals surface area contributed by atoms with E-state index in [-0.39, 0.29) is 5.43 Å². The molecule has 0 radical (unpaired) electrons. The van der Waals surface area contributed by atoms with Gasteiger partial charge in [0.2, 0.25) is 0 Å². The molecular weight excluding hydrogens is 298 g/mol. The highest BCUT2D eigenvalue weighted by atomic mass is 16.3. The van der Waals surface area contributed by atoms with E-state index in [9.17, 15) is 9.90 Å². The van der Waals surface area contributed by atoms with E-state index in [0.29, 0.717) is 6.54 Å². The Labute approximate surface area is 141 Å². The van der Waals surface area contributed by atoms with Crippen LogP contribution in [0.3, 0.4) is 0 Å². The van der Waals surface area contributed by atoms with Gasteiger partial charge in [-0.15, -0.1) is 0 Å². The van der Waals surface area contributed by atoms with Gasteiger partial charge in [0.25, 0.3) is 0 Å². The quantitative estimate of drug-likeness (QED) is 0.801. The lowest BCUT2D eigenvalue weighted by atomic mass is 9.86. The molecule has 1 N–H and O–H groups in total. The zero-order valence-corrected chi connectivity index (χ0v) is 13.9. The molecule has 0 unspecified atom stereocenters. The summed E-state index contributed by atoms with van der Waals surface area (Å²) in [6, 6.07) is 22.5. The summed E-state index contributed by atoms with van der Waals surface area (Å²) in [4.78, 5) is 11.7. The summed E-state index contributed by atoms with van der Waals surface area (Å²) >= 11 is 0. The van der Waals surface area contributed by atoms with Crippen molar-refractivity contribution in [2.45, 2.75) is 26.0 Å². The standard InChI is InChI=1S/C21H21NO2/c1-16-13-20(23)14-17(2)22(16)15-21(24,18-9-5-3-6-10-18)19-11-7-4-8-12-19/h3-14,24H,15H2,1-2H3. The Morgan fingerprint density at radius 3 is 1.67 bits per heavy atom. The third-order valence-electron chi connectivity index (χ3n) is 4.44. The van der Waals surface area contributed by atoms with Crippen LogP contribution < -0.4 is 5.43 Å². The highest BCUT2D eigenvalue weighted by Crippen LogP contribution is 2.32. The van der Waals surface area contributed by atoms with Crippen molar-refractivity contribution in [1.29, 1.82) is 0 Å². The third-order valence-corrected chi connectivity index (χ3v) is 4.44. The average Bonchev–Trinajstić information content (AvgIpc) is 2.59. The highest BCUT2D eigenvalue weighted by Gasteiger charge is 2.32. The maximum atomic E-state index is 11.7. The first-order chi connectivity index (χ1) is 11.5. The molecule has 3 rings (SSSR count). The molecule has 0 atom stereocenters. The van der Waals surface area contributed by atoms with Crippen molar-refractivity contribution < 1.29 is 5.11 Å². The molecule has 1 aromatic heterocycles. The molecule has 1 heterocycles. The molecule has 0 spiro atoms. The number of aliphatic hydroxyl groups is 1. The molecule has 122 valence electrons. The van der Waals surface area contributed by atoms with E-state index in [0.717, 1.165) is 22.5 Å². The van der Waals surface area contributed by atoms with Crippen LogP contribution in [0.1, 0.15) is 22.5 Å². The first kappa shape index (κ1) is 16.2. The lowest BCUT2D eigenvalue weighted by molar-refractivity contribution is 0.0598. The summed E-state index contributed by atoms with van der Waals surface area (Å²) in [5, 5.41) is 11.6. The van der Waals surface area contributed by atoms with Gasteiger partial charge >= 0.3 is 0 Å². The predicted molar refractivity (Wildman–Crippen MR) is 96.1 cm³/mol. The monoisotopic (exact) mass is 319 g/mol. The number of hydrogen-bond donors (Lipinski definition) is 1. The minimum Gasteiger partial charge on any atom is -0.378 e. The Bertz CT molecular complexity index is 817. The van der Waals surface area contributed by atoms with Crippen LogP contribution in [0.5, 0.6) is 0 Å². The molecule has 2 aromatic carbocycles. The van der Waals surface area contributed by atoms with Crippen LogP contribution in [0, 0.1) is 13.8 Å². The normalized spacial score (nSPS) is 11.5. The Morgan fingerprint density at radius 1 is 0.833 bits per heavy atom. The molecule has 0 fully saturated rings. The van der Waals surface area contributed by atoms with Crippen LogP contribution in [-0.2, 0) is 12.1 Å². The summed E-state index contributed by atoms with van der Waals surface area (Å²) in [7, 11) is 0. The van der Waals surface area contributed by atoms with Crippen molar-refractivity contribution in [3.05, 3.63) is 106 Å². The molecule has 0 bridgehead atoms. The summed E-state index contributed by atoms with van der Waals surface area (Å²) in [5.41, 5.74) is 2.15. The van der Waals surface area contributed by atoms with Crippen molar-refractivity contribution in [2.24, 2.45) is 0 Å². The summed E-state index contributed by atoms with van der Waals surface area (Å²) < 4.78 is 1.99. The predicted octanol–water partition coefficient (Wildman–Crippen LogP) is 3.40. The van der Waals surface area contributed by atoms with Crippen LogP contribution in [0.25, 0.3) is 0 Å². The molecule has 3 aromatic rings. The highest BCUT2D eigenvalue weighted by molar-refractivity contribution is 5.36. The summed E-state index contributed by atoms with van der Waals surface area (Å²) in [6.45, 7) is 4.13. The molecule has 0 aliphatic rings. The number of hydrogen-bond acceptors (Lipinski definition) is 2. The van der Waals surface area contributed by atoms with Gasteiger partial charge in [-0.2, -0.15) is 0 Å². The first-order valence-electron chi connectivity index (χ1n) is 8.02. The molecule has 3 nitrogen and oxygen atoms in total. The van der Waals surface area contributed by atoms with Gasteiger partial charge in [0.1, 0.15) is 5.60 Å². The lowest BCUT2D eigenvalue weighted by Crippen LogP contribution is -2.34. The summed E-state index contributed by atoms with van der Waals surface area (Å²) in [6.07, 6.45) is 0. The molecule has 3 heteroatoms. The molecule has 0 saturated carbocycles. The van der Waals surface area contributed by atoms with Gasteiger partial charge in [0.05, 0.1) is 6.54 Å². The molecule has 24 heavy (non-hydrogen) atoms. The minimum atomic E-state index is -1.17. The molecule has 0 aliphatic carbocycles. The number of rotatable bonds is 4. The maximum Gasteiger partial charge on any atom is 0.182 e. The van der Waals surface area contributed by atoms with Gasteiger partial charge in [-0.25, -0.2) is 0 Å². The zero-order chi connectivity index (χ0) is 17.2. The summed E-state index contributed by atoms with van der Waals surface area (Å²) in [5.74, 6) is 0. The van der Waals surface area contributed by atoms with E-state index in [1.807, 2.05) is 79.1 Å². The number of pyridine rings is 1. The molecule has 0 saturated heterocycles. The fourth-order valence-corrected chi connectivity index (χ4v) is 3.14. The van der Waals surface area contributed by atoms with Crippen LogP contribution in [0.2, 0.25) is 0 Å². The second kappa shape index (κ2) is 6.46. The average molecular weight is 319 g/mol. The zero-order valence-electron chi connectivity index (χ0n) is 13.9. The van der Waals surface area contributed by atoms with E-state index in [2.05, 4.69) is 0 Å². The number of benzene rings is 2. The van der Waals surface area contributed by atoms with Gasteiger partial charge in [0, 0.05) is 23.5 Å². The topological polar surface area (TPSA) is 42.2 Å². The second-order valence-electron chi connectivity index (χ2n) is 6.15. The first-order valence-corrected chi connectivity index (χ1v) is 8.02. The number of nitrogens with zero attached hydrogens (tertiary/aromatic N) is 1. The maximum absolute atomic E-state index is 11.7. The van der Waals surface area contributed by atoms with Crippen molar-refractivity contribution in [2.75, 3.05) is 0 Å². The Kier molecular flexibility index (Phi) is 4.36. The SMILES string of the molecule is Cc1cc(=O)cc(C)n1CC(O)(c1ccccc1)c1ccccc1. The van der Waals surface area contributed by atoms with Crippen molar-refractivity contribution in [1.82, 2.24) is 4.57 Å². The second-order valence-corrected chi connectivity index (χ2v) is 6.15. The van der Waals surface area contributed by atoms with Gasteiger partial charge in [0.15, 0.2) is 5.43 Å².